The van der Waals surface area contributed by atoms with Gasteiger partial charge in [0.25, 0.3) is 12.4 Å². The minimum Gasteiger partial charge on any atom is -0.508 e. The molecule has 14 heteroatoms. The van der Waals surface area contributed by atoms with Gasteiger partial charge in [0.2, 0.25) is 12.3 Å². The molecular formula is C43H53N7O7. The summed E-state index contributed by atoms with van der Waals surface area (Å²) in [5, 5.41) is 37.0. The average Bonchev–Trinajstić information content (AvgIpc) is 3.51. The van der Waals surface area contributed by atoms with Crippen molar-refractivity contribution in [1.29, 1.82) is 5.26 Å². The van der Waals surface area contributed by atoms with E-state index >= 15 is 0 Å². The van der Waals surface area contributed by atoms with Crippen LogP contribution in [0.2, 0.25) is 0 Å². The zero-order chi connectivity index (χ0) is 41.4. The number of aliphatic hydroxyl groups excluding tert-OH is 1. The Labute approximate surface area is 333 Å². The van der Waals surface area contributed by atoms with Crippen LogP contribution in [-0.4, -0.2) is 93.2 Å². The maximum Gasteiger partial charge on any atom is 0.293 e. The van der Waals surface area contributed by atoms with Crippen LogP contribution in [-0.2, 0) is 43.4 Å². The Morgan fingerprint density at radius 1 is 1.12 bits per heavy atom. The van der Waals surface area contributed by atoms with Crippen LogP contribution in [0.15, 0.2) is 54.9 Å². The summed E-state index contributed by atoms with van der Waals surface area (Å²) in [6.07, 6.45) is 6.09. The largest absolute Gasteiger partial charge is 0.508 e. The first-order valence-corrected chi connectivity index (χ1v) is 19.2. The molecule has 0 bridgehead atoms. The quantitative estimate of drug-likeness (QED) is 0.110. The van der Waals surface area contributed by atoms with Crippen molar-refractivity contribution in [2.45, 2.75) is 85.0 Å². The van der Waals surface area contributed by atoms with E-state index in [4.69, 9.17) is 4.74 Å². The number of nitriles is 1. The van der Waals surface area contributed by atoms with E-state index in [9.17, 15) is 34.7 Å². The average molecular weight is 780 g/mol. The number of ether oxygens (including phenoxy) is 1. The van der Waals surface area contributed by atoms with E-state index in [1.807, 2.05) is 56.5 Å². The van der Waals surface area contributed by atoms with Gasteiger partial charge in [0.1, 0.15) is 23.9 Å². The second kappa shape index (κ2) is 18.4. The molecule has 2 aromatic carbocycles. The van der Waals surface area contributed by atoms with Gasteiger partial charge in [-0.05, 0) is 90.3 Å². The Hall–Kier alpha value is -5.78. The molecule has 1 aliphatic heterocycles. The number of hydrogen-bond donors (Lipinski definition) is 4. The number of phenols is 1. The molecule has 4 aromatic rings. The lowest BCUT2D eigenvalue weighted by molar-refractivity contribution is -0.142. The van der Waals surface area contributed by atoms with Gasteiger partial charge in [0.05, 0.1) is 30.5 Å². The lowest BCUT2D eigenvalue weighted by atomic mass is 9.84. The Balaban J connectivity index is 1.64. The van der Waals surface area contributed by atoms with E-state index in [2.05, 4.69) is 21.8 Å². The number of aromatic nitrogens is 2. The van der Waals surface area contributed by atoms with Gasteiger partial charge in [0, 0.05) is 55.3 Å². The molecule has 2 aromatic heterocycles. The highest BCUT2D eigenvalue weighted by molar-refractivity contribution is 5.96. The lowest BCUT2D eigenvalue weighted by Gasteiger charge is -2.33. The first-order chi connectivity index (χ1) is 27.2. The maximum atomic E-state index is 14.0. The van der Waals surface area contributed by atoms with Crippen LogP contribution < -0.4 is 10.7 Å². The van der Waals surface area contributed by atoms with E-state index in [1.54, 1.807) is 37.5 Å². The molecule has 0 spiro atoms. The highest BCUT2D eigenvalue weighted by atomic mass is 16.5. The van der Waals surface area contributed by atoms with Crippen LogP contribution >= 0.6 is 0 Å². The summed E-state index contributed by atoms with van der Waals surface area (Å²) in [4.78, 5) is 56.2. The molecule has 0 saturated carbocycles. The Morgan fingerprint density at radius 3 is 2.54 bits per heavy atom. The third-order valence-corrected chi connectivity index (χ3v) is 10.5. The number of pyridine rings is 1. The molecule has 1 aliphatic rings. The molecule has 1 fully saturated rings. The third-order valence-electron chi connectivity index (χ3n) is 10.5. The van der Waals surface area contributed by atoms with Crippen LogP contribution in [0.1, 0.15) is 70.2 Å². The molecule has 3 atom stereocenters. The summed E-state index contributed by atoms with van der Waals surface area (Å²) in [6.45, 7) is 10.8. The number of likely N-dealkylation sites (N-methyl/N-ethyl adjacent to an activating group) is 1. The Kier molecular flexibility index (Phi) is 13.7. The number of aliphatic hydroxyl groups is 1. The van der Waals surface area contributed by atoms with Crippen molar-refractivity contribution in [2.24, 2.45) is 11.3 Å². The molecule has 57 heavy (non-hydrogen) atoms. The molecule has 3 heterocycles. The smallest absolute Gasteiger partial charge is 0.293 e. The highest BCUT2D eigenvalue weighted by Gasteiger charge is 2.33. The molecule has 5 rings (SSSR count). The summed E-state index contributed by atoms with van der Waals surface area (Å²) in [6, 6.07) is 12.6. The Bertz CT molecular complexity index is 2130. The second-order valence-electron chi connectivity index (χ2n) is 15.9. The van der Waals surface area contributed by atoms with Crippen molar-refractivity contribution in [3.8, 4) is 34.2 Å². The van der Waals surface area contributed by atoms with Gasteiger partial charge in [-0.25, -0.2) is 5.43 Å². The van der Waals surface area contributed by atoms with Crippen LogP contribution in [0.25, 0.3) is 33.3 Å². The summed E-state index contributed by atoms with van der Waals surface area (Å²) in [7, 11) is 1.53. The SMILES string of the molecule is CC(C)C(C(=O)NC(Cc1cc(O)cc(-c2ccc3c(c2)c(CC(C)(C)COC=O)c(-c2cnccc2CO)n3C(C)C#N)c1)C(=O)N1CCCCN1)N(C)C=O. The number of aromatic hydroxyl groups is 1. The summed E-state index contributed by atoms with van der Waals surface area (Å²) in [5.74, 6) is -1.04. The summed E-state index contributed by atoms with van der Waals surface area (Å²) < 4.78 is 7.17. The number of nitrogens with one attached hydrogen (secondary N) is 2. The van der Waals surface area contributed by atoms with Crippen molar-refractivity contribution in [3.05, 3.63) is 71.5 Å². The second-order valence-corrected chi connectivity index (χ2v) is 15.9. The first kappa shape index (κ1) is 42.4. The molecule has 14 nitrogen and oxygen atoms in total. The number of nitrogens with zero attached hydrogens (tertiary/aromatic N) is 5. The normalized spacial score (nSPS) is 14.8. The Morgan fingerprint density at radius 2 is 1.89 bits per heavy atom. The van der Waals surface area contributed by atoms with Gasteiger partial charge in [-0.3, -0.25) is 29.2 Å². The van der Waals surface area contributed by atoms with Crippen molar-refractivity contribution in [3.63, 3.8) is 0 Å². The van der Waals surface area contributed by atoms with Gasteiger partial charge in [-0.15, -0.1) is 0 Å². The number of hydrazine groups is 1. The van der Waals surface area contributed by atoms with E-state index in [0.29, 0.717) is 60.3 Å². The van der Waals surface area contributed by atoms with Gasteiger partial charge < -0.3 is 29.7 Å². The minimum atomic E-state index is -1.01. The van der Waals surface area contributed by atoms with E-state index in [-0.39, 0.29) is 37.2 Å². The number of phenolic OH excluding ortho intramolecular Hbond substituents is 1. The standard InChI is InChI=1S/C43H53N7O7/c1-27(2)39(48(6)25-52)41(55)47-37(42(56)49-14-8-7-12-46-49)17-29-15-32(18-33(54)16-29)30-9-10-38-34(19-30)35(20-43(4,5)24-57-26-53)40(50(38)28(3)21-44)36-22-45-13-11-31(36)23-51/h9-11,13,15-16,18-19,22,25-28,37,39,46,51,54H,7-8,12,14,17,20,23-24H2,1-6H3,(H,47,55). The van der Waals surface area contributed by atoms with Crippen molar-refractivity contribution < 1.29 is 34.1 Å². The van der Waals surface area contributed by atoms with E-state index in [1.165, 1.54) is 17.0 Å². The van der Waals surface area contributed by atoms with Crippen LogP contribution in [0, 0.1) is 22.7 Å². The number of hydrogen-bond acceptors (Lipinski definition) is 10. The number of benzene rings is 2. The van der Waals surface area contributed by atoms with Crippen LogP contribution in [0.3, 0.4) is 0 Å². The fraction of sp³-hybridized carbons (Fsp3) is 0.442. The lowest BCUT2D eigenvalue weighted by Crippen LogP contribution is -2.58. The van der Waals surface area contributed by atoms with Gasteiger partial charge in [-0.2, -0.15) is 5.26 Å². The molecule has 4 N–H and O–H groups in total. The monoisotopic (exact) mass is 779 g/mol. The van der Waals surface area contributed by atoms with Crippen molar-refractivity contribution >= 4 is 35.6 Å². The molecule has 302 valence electrons. The number of rotatable bonds is 17. The number of carbonyl (C=O) groups is 4. The highest BCUT2D eigenvalue weighted by Crippen LogP contribution is 2.42. The number of fused-ring (bicyclic) bond motifs is 1. The van der Waals surface area contributed by atoms with Crippen molar-refractivity contribution in [2.75, 3.05) is 26.7 Å². The first-order valence-electron chi connectivity index (χ1n) is 19.2. The molecule has 0 aliphatic carbocycles. The number of carbonyl (C=O) groups excluding carboxylic acids is 4. The summed E-state index contributed by atoms with van der Waals surface area (Å²) in [5.41, 5.74) is 8.22. The predicted octanol–water partition coefficient (Wildman–Crippen LogP) is 4.66. The molecule has 0 radical (unpaired) electrons. The van der Waals surface area contributed by atoms with Gasteiger partial charge in [0.15, 0.2) is 0 Å². The third kappa shape index (κ3) is 9.61. The van der Waals surface area contributed by atoms with E-state index < -0.39 is 29.4 Å². The van der Waals surface area contributed by atoms with Crippen LogP contribution in [0.4, 0.5) is 0 Å². The fourth-order valence-corrected chi connectivity index (χ4v) is 7.79. The van der Waals surface area contributed by atoms with E-state index in [0.717, 1.165) is 34.9 Å². The zero-order valence-corrected chi connectivity index (χ0v) is 33.5. The van der Waals surface area contributed by atoms with Gasteiger partial charge in [-0.1, -0.05) is 39.8 Å². The summed E-state index contributed by atoms with van der Waals surface area (Å²) >= 11 is 0. The number of amides is 3. The molecule has 1 saturated heterocycles. The zero-order valence-electron chi connectivity index (χ0n) is 33.5. The van der Waals surface area contributed by atoms with Crippen molar-refractivity contribution in [1.82, 2.24) is 30.2 Å². The minimum absolute atomic E-state index is 0.0383. The van der Waals surface area contributed by atoms with Crippen LogP contribution in [0.5, 0.6) is 5.75 Å². The fourth-order valence-electron chi connectivity index (χ4n) is 7.79. The molecule has 3 unspecified atom stereocenters. The molecule has 3 amide bonds. The molecular weight excluding hydrogens is 727 g/mol. The topological polar surface area (TPSA) is 190 Å². The maximum absolute atomic E-state index is 14.0. The predicted molar refractivity (Wildman–Crippen MR) is 215 cm³/mol. The van der Waals surface area contributed by atoms with Gasteiger partial charge >= 0.3 is 0 Å².